The average molecular weight is 187 g/mol. The number of aliphatic hydroxyl groups excluding tert-OH is 2. The van der Waals surface area contributed by atoms with E-state index in [1.807, 2.05) is 6.07 Å². The maximum Gasteiger partial charge on any atom is 0.109 e. The van der Waals surface area contributed by atoms with Gasteiger partial charge in [-0.05, 0) is 23.3 Å². The zero-order valence-electron chi connectivity index (χ0n) is 7.38. The van der Waals surface area contributed by atoms with Crippen molar-refractivity contribution < 1.29 is 10.2 Å². The third-order valence-electron chi connectivity index (χ3n) is 2.33. The molecule has 0 saturated heterocycles. The summed E-state index contributed by atoms with van der Waals surface area (Å²) in [6.45, 7) is 0. The second-order valence-electron chi connectivity index (χ2n) is 3.25. The molecule has 0 saturated carbocycles. The Kier molecular flexibility index (Phi) is 2.08. The zero-order valence-corrected chi connectivity index (χ0v) is 7.38. The van der Waals surface area contributed by atoms with Crippen molar-refractivity contribution in [2.75, 3.05) is 0 Å². The summed E-state index contributed by atoms with van der Waals surface area (Å²) >= 11 is 0. The smallest absolute Gasteiger partial charge is 0.109 e. The lowest BCUT2D eigenvalue weighted by atomic mass is 9.92. The molecule has 0 heterocycles. The van der Waals surface area contributed by atoms with E-state index in [-0.39, 0.29) is 0 Å². The number of aliphatic hydroxyl groups is 2. The molecule has 0 spiro atoms. The highest BCUT2D eigenvalue weighted by Gasteiger charge is 2.22. The highest BCUT2D eigenvalue weighted by atomic mass is 16.3. The van der Waals surface area contributed by atoms with Crippen molar-refractivity contribution >= 4 is 6.08 Å². The van der Waals surface area contributed by atoms with Crippen molar-refractivity contribution in [3.63, 3.8) is 0 Å². The Hall–Kier alpha value is -1.63. The lowest BCUT2D eigenvalue weighted by molar-refractivity contribution is 0.0470. The number of hydrogen-bond acceptors (Lipinski definition) is 3. The van der Waals surface area contributed by atoms with Crippen LogP contribution < -0.4 is 0 Å². The maximum absolute atomic E-state index is 9.64. The topological polar surface area (TPSA) is 64.2 Å². The normalized spacial score (nSPS) is 24.1. The third kappa shape index (κ3) is 1.31. The fourth-order valence-corrected chi connectivity index (χ4v) is 1.54. The Bertz CT molecular complexity index is 431. The number of nitrogens with zero attached hydrogens (tertiary/aromatic N) is 1. The van der Waals surface area contributed by atoms with Crippen LogP contribution in [0.15, 0.2) is 24.3 Å². The summed E-state index contributed by atoms with van der Waals surface area (Å²) in [6, 6.07) is 7.05. The van der Waals surface area contributed by atoms with E-state index >= 15 is 0 Å². The first-order valence-corrected chi connectivity index (χ1v) is 4.31. The lowest BCUT2D eigenvalue weighted by Crippen LogP contribution is -2.19. The van der Waals surface area contributed by atoms with Gasteiger partial charge in [0.05, 0.1) is 11.6 Å². The number of benzene rings is 1. The van der Waals surface area contributed by atoms with E-state index in [9.17, 15) is 10.2 Å². The molecule has 0 fully saturated rings. The van der Waals surface area contributed by atoms with Gasteiger partial charge in [-0.15, -0.1) is 0 Å². The van der Waals surface area contributed by atoms with Gasteiger partial charge in [-0.1, -0.05) is 18.2 Å². The summed E-state index contributed by atoms with van der Waals surface area (Å²) in [7, 11) is 0. The maximum atomic E-state index is 9.64. The van der Waals surface area contributed by atoms with Crippen LogP contribution in [-0.2, 0) is 0 Å². The van der Waals surface area contributed by atoms with E-state index < -0.39 is 12.2 Å². The van der Waals surface area contributed by atoms with Crippen LogP contribution in [0.3, 0.4) is 0 Å². The molecule has 0 aromatic heterocycles. The van der Waals surface area contributed by atoms with E-state index in [1.54, 1.807) is 30.4 Å². The molecular formula is C11H9NO2. The van der Waals surface area contributed by atoms with Gasteiger partial charge in [0.25, 0.3) is 0 Å². The molecule has 2 rings (SSSR count). The minimum Gasteiger partial charge on any atom is -0.386 e. The van der Waals surface area contributed by atoms with Crippen molar-refractivity contribution in [2.24, 2.45) is 0 Å². The molecule has 0 radical (unpaired) electrons. The van der Waals surface area contributed by atoms with Crippen LogP contribution in [0.25, 0.3) is 6.08 Å². The fraction of sp³-hybridized carbons (Fsp3) is 0.182. The van der Waals surface area contributed by atoms with Gasteiger partial charge in [0, 0.05) is 0 Å². The van der Waals surface area contributed by atoms with Crippen LogP contribution in [0.5, 0.6) is 0 Å². The predicted octanol–water partition coefficient (Wildman–Crippen LogP) is 0.979. The molecule has 3 heteroatoms. The van der Waals surface area contributed by atoms with E-state index in [4.69, 9.17) is 5.26 Å². The Morgan fingerprint density at radius 1 is 1.29 bits per heavy atom. The van der Waals surface area contributed by atoms with E-state index in [0.29, 0.717) is 11.1 Å². The Labute approximate surface area is 81.5 Å². The van der Waals surface area contributed by atoms with E-state index in [1.165, 1.54) is 0 Å². The zero-order chi connectivity index (χ0) is 10.1. The summed E-state index contributed by atoms with van der Waals surface area (Å²) in [5, 5.41) is 27.7. The first-order valence-electron chi connectivity index (χ1n) is 4.31. The van der Waals surface area contributed by atoms with Crippen molar-refractivity contribution in [1.29, 1.82) is 5.26 Å². The van der Waals surface area contributed by atoms with Crippen LogP contribution in [-0.4, -0.2) is 16.3 Å². The molecule has 2 N–H and O–H groups in total. The standard InChI is InChI=1S/C11H9NO2/c12-6-7-1-2-8-3-4-10(13)11(14)9(8)5-7/h1-5,10-11,13-14H/t10-,11+/m0/s1. The van der Waals surface area contributed by atoms with Crippen LogP contribution in [0, 0.1) is 11.3 Å². The molecule has 1 aromatic rings. The fourth-order valence-electron chi connectivity index (χ4n) is 1.54. The summed E-state index contributed by atoms with van der Waals surface area (Å²) in [5.74, 6) is 0. The quantitative estimate of drug-likeness (QED) is 0.636. The monoisotopic (exact) mass is 187 g/mol. The molecule has 0 unspecified atom stereocenters. The number of nitriles is 1. The van der Waals surface area contributed by atoms with Crippen LogP contribution in [0.4, 0.5) is 0 Å². The summed E-state index contributed by atoms with van der Waals surface area (Å²) in [4.78, 5) is 0. The largest absolute Gasteiger partial charge is 0.386 e. The van der Waals surface area contributed by atoms with Crippen molar-refractivity contribution in [3.05, 3.63) is 41.0 Å². The second-order valence-corrected chi connectivity index (χ2v) is 3.25. The summed E-state index contributed by atoms with van der Waals surface area (Å²) < 4.78 is 0. The SMILES string of the molecule is N#Cc1ccc2c(c1)[C@@H](O)[C@@H](O)C=C2. The average Bonchev–Trinajstić information content (AvgIpc) is 2.23. The first kappa shape index (κ1) is 8.95. The minimum absolute atomic E-state index is 0.491. The van der Waals surface area contributed by atoms with Crippen LogP contribution in [0.2, 0.25) is 0 Å². The molecule has 2 atom stereocenters. The Balaban J connectivity index is 2.55. The summed E-state index contributed by atoms with van der Waals surface area (Å²) in [5.41, 5.74) is 1.95. The third-order valence-corrected chi connectivity index (χ3v) is 2.33. The molecule has 1 aliphatic rings. The van der Waals surface area contributed by atoms with Gasteiger partial charge in [-0.25, -0.2) is 0 Å². The number of rotatable bonds is 0. The van der Waals surface area contributed by atoms with Gasteiger partial charge in [0.1, 0.15) is 12.2 Å². The highest BCUT2D eigenvalue weighted by Crippen LogP contribution is 2.28. The van der Waals surface area contributed by atoms with Crippen molar-refractivity contribution in [3.8, 4) is 6.07 Å². The molecule has 70 valence electrons. The number of fused-ring (bicyclic) bond motifs is 1. The van der Waals surface area contributed by atoms with Crippen LogP contribution in [0.1, 0.15) is 22.8 Å². The second kappa shape index (κ2) is 3.26. The first-order chi connectivity index (χ1) is 6.72. The lowest BCUT2D eigenvalue weighted by Gasteiger charge is -2.21. The molecule has 0 aliphatic heterocycles. The molecule has 0 bridgehead atoms. The van der Waals surface area contributed by atoms with Gasteiger partial charge in [0.15, 0.2) is 0 Å². The van der Waals surface area contributed by atoms with Gasteiger partial charge >= 0.3 is 0 Å². The van der Waals surface area contributed by atoms with Gasteiger partial charge in [-0.3, -0.25) is 0 Å². The summed E-state index contributed by atoms with van der Waals surface area (Å²) in [6.07, 6.45) is 1.48. The molecule has 1 aliphatic carbocycles. The minimum atomic E-state index is -0.928. The molecule has 0 amide bonds. The highest BCUT2D eigenvalue weighted by molar-refractivity contribution is 5.60. The molecular weight excluding hydrogens is 178 g/mol. The molecule has 3 nitrogen and oxygen atoms in total. The molecule has 1 aromatic carbocycles. The number of hydrogen-bond donors (Lipinski definition) is 2. The van der Waals surface area contributed by atoms with Gasteiger partial charge in [0.2, 0.25) is 0 Å². The van der Waals surface area contributed by atoms with Crippen molar-refractivity contribution in [1.82, 2.24) is 0 Å². The Morgan fingerprint density at radius 2 is 2.07 bits per heavy atom. The van der Waals surface area contributed by atoms with Gasteiger partial charge in [-0.2, -0.15) is 5.26 Å². The Morgan fingerprint density at radius 3 is 2.79 bits per heavy atom. The van der Waals surface area contributed by atoms with E-state index in [0.717, 1.165) is 5.56 Å². The predicted molar refractivity (Wildman–Crippen MR) is 51.2 cm³/mol. The van der Waals surface area contributed by atoms with Gasteiger partial charge < -0.3 is 10.2 Å². The van der Waals surface area contributed by atoms with Crippen LogP contribution >= 0.6 is 0 Å². The van der Waals surface area contributed by atoms with E-state index in [2.05, 4.69) is 0 Å². The van der Waals surface area contributed by atoms with Crippen molar-refractivity contribution in [2.45, 2.75) is 12.2 Å². The molecule has 14 heavy (non-hydrogen) atoms.